The van der Waals surface area contributed by atoms with Crippen LogP contribution < -0.4 is 5.32 Å². The fourth-order valence-electron chi connectivity index (χ4n) is 2.27. The topological polar surface area (TPSA) is 34.0 Å². The van der Waals surface area contributed by atoms with E-state index < -0.39 is 0 Å². The smallest absolute Gasteiger partial charge is 0.256 e. The normalized spacial score (nSPS) is 10.7. The molecule has 0 saturated carbocycles. The Hall–Kier alpha value is -2.26. The van der Waals surface area contributed by atoms with Gasteiger partial charge in [-0.2, -0.15) is 0 Å². The zero-order valence-electron chi connectivity index (χ0n) is 10.9. The average molecular weight is 285 g/mol. The van der Waals surface area contributed by atoms with Crippen molar-refractivity contribution >= 4 is 34.1 Å². The summed E-state index contributed by atoms with van der Waals surface area (Å²) in [4.78, 5) is 12.4. The Kier molecular flexibility index (Phi) is 3.20. The van der Waals surface area contributed by atoms with E-state index in [2.05, 4.69) is 5.32 Å². The quantitative estimate of drug-likeness (QED) is 0.756. The lowest BCUT2D eigenvalue weighted by Gasteiger charge is -2.07. The number of hydrogen-bond donors (Lipinski definition) is 1. The number of fused-ring (bicyclic) bond motifs is 1. The fraction of sp³-hybridized carbons (Fsp3) is 0.0625. The second-order valence-corrected chi connectivity index (χ2v) is 5.07. The molecule has 1 heterocycles. The van der Waals surface area contributed by atoms with E-state index in [1.165, 1.54) is 0 Å². The van der Waals surface area contributed by atoms with Crippen molar-refractivity contribution < 1.29 is 4.79 Å². The number of carbonyl (C=O) groups excluding carboxylic acids is 1. The number of nitrogens with zero attached hydrogens (tertiary/aromatic N) is 1. The van der Waals surface area contributed by atoms with Gasteiger partial charge >= 0.3 is 0 Å². The number of anilines is 1. The zero-order chi connectivity index (χ0) is 14.1. The summed E-state index contributed by atoms with van der Waals surface area (Å²) in [5.74, 6) is -0.135. The number of hydrogen-bond acceptors (Lipinski definition) is 1. The number of aromatic nitrogens is 1. The van der Waals surface area contributed by atoms with E-state index in [1.54, 1.807) is 18.2 Å². The summed E-state index contributed by atoms with van der Waals surface area (Å²) in [6.45, 7) is 0. The number of rotatable bonds is 2. The van der Waals surface area contributed by atoms with Gasteiger partial charge in [0.25, 0.3) is 5.91 Å². The molecular weight excluding hydrogens is 272 g/mol. The lowest BCUT2D eigenvalue weighted by atomic mass is 10.1. The van der Waals surface area contributed by atoms with Crippen molar-refractivity contribution in [2.45, 2.75) is 0 Å². The van der Waals surface area contributed by atoms with E-state index in [9.17, 15) is 4.79 Å². The largest absolute Gasteiger partial charge is 0.351 e. The predicted octanol–water partition coefficient (Wildman–Crippen LogP) is 4.08. The van der Waals surface area contributed by atoms with Gasteiger partial charge in [-0.05, 0) is 36.4 Å². The lowest BCUT2D eigenvalue weighted by Crippen LogP contribution is -2.12. The first-order valence-corrected chi connectivity index (χ1v) is 6.64. The summed E-state index contributed by atoms with van der Waals surface area (Å²) in [5, 5.41) is 4.41. The Bertz CT molecular complexity index is 792. The number of nitrogens with one attached hydrogen (secondary N) is 1. The first-order valence-electron chi connectivity index (χ1n) is 6.26. The third-order valence-corrected chi connectivity index (χ3v) is 3.49. The second kappa shape index (κ2) is 5.02. The summed E-state index contributed by atoms with van der Waals surface area (Å²) in [7, 11) is 1.96. The van der Waals surface area contributed by atoms with Crippen molar-refractivity contribution in [1.82, 2.24) is 4.57 Å². The van der Waals surface area contributed by atoms with Crippen LogP contribution in [0.3, 0.4) is 0 Å². The molecule has 0 saturated heterocycles. The van der Waals surface area contributed by atoms with Crippen LogP contribution in [0.5, 0.6) is 0 Å². The minimum atomic E-state index is -0.135. The molecule has 3 nitrogen and oxygen atoms in total. The van der Waals surface area contributed by atoms with Crippen LogP contribution in [-0.2, 0) is 7.05 Å². The van der Waals surface area contributed by atoms with Crippen molar-refractivity contribution in [2.24, 2.45) is 7.05 Å². The molecule has 0 aliphatic carbocycles. The van der Waals surface area contributed by atoms with E-state index in [0.717, 1.165) is 10.9 Å². The minimum Gasteiger partial charge on any atom is -0.351 e. The van der Waals surface area contributed by atoms with Crippen molar-refractivity contribution in [3.63, 3.8) is 0 Å². The maximum atomic E-state index is 12.4. The van der Waals surface area contributed by atoms with Gasteiger partial charge in [0.15, 0.2) is 0 Å². The molecule has 0 bridgehead atoms. The van der Waals surface area contributed by atoms with Crippen molar-refractivity contribution in [1.29, 1.82) is 0 Å². The number of benzene rings is 2. The van der Waals surface area contributed by atoms with Gasteiger partial charge in [-0.3, -0.25) is 4.79 Å². The van der Waals surface area contributed by atoms with E-state index in [4.69, 9.17) is 11.6 Å². The molecule has 0 unspecified atom stereocenters. The lowest BCUT2D eigenvalue weighted by molar-refractivity contribution is 0.102. The van der Waals surface area contributed by atoms with Crippen LogP contribution >= 0.6 is 11.6 Å². The van der Waals surface area contributed by atoms with Gasteiger partial charge in [0.05, 0.1) is 0 Å². The van der Waals surface area contributed by atoms with Crippen molar-refractivity contribution in [2.75, 3.05) is 5.32 Å². The molecule has 0 radical (unpaired) electrons. The van der Waals surface area contributed by atoms with Gasteiger partial charge in [-0.1, -0.05) is 23.7 Å². The molecule has 100 valence electrons. The van der Waals surface area contributed by atoms with Crippen LogP contribution in [0.25, 0.3) is 10.9 Å². The molecule has 0 fully saturated rings. The Morgan fingerprint density at radius 2 is 1.95 bits per heavy atom. The molecule has 0 atom stereocenters. The monoisotopic (exact) mass is 284 g/mol. The second-order valence-electron chi connectivity index (χ2n) is 4.63. The molecule has 0 aliphatic heterocycles. The average Bonchev–Trinajstić information content (AvgIpc) is 2.81. The highest BCUT2D eigenvalue weighted by Gasteiger charge is 2.11. The standard InChI is InChI=1S/C16H13ClN2O/c1-19-9-8-13-14(6-3-7-15(13)19)16(20)18-12-5-2-4-11(17)10-12/h2-10H,1H3,(H,18,20). The van der Waals surface area contributed by atoms with E-state index in [1.807, 2.05) is 48.1 Å². The maximum Gasteiger partial charge on any atom is 0.256 e. The molecule has 0 aliphatic rings. The summed E-state index contributed by atoms with van der Waals surface area (Å²) >= 11 is 5.92. The van der Waals surface area contributed by atoms with Gasteiger partial charge in [-0.25, -0.2) is 0 Å². The van der Waals surface area contributed by atoms with E-state index in [-0.39, 0.29) is 5.91 Å². The number of carbonyl (C=O) groups is 1. The highest BCUT2D eigenvalue weighted by Crippen LogP contribution is 2.21. The van der Waals surface area contributed by atoms with Crippen molar-refractivity contribution in [3.05, 3.63) is 65.3 Å². The molecule has 1 aromatic heterocycles. The van der Waals surface area contributed by atoms with Crippen LogP contribution in [0.15, 0.2) is 54.7 Å². The van der Waals surface area contributed by atoms with Crippen LogP contribution in [0, 0.1) is 0 Å². The summed E-state index contributed by atoms with van der Waals surface area (Å²) < 4.78 is 1.99. The molecular formula is C16H13ClN2O. The van der Waals surface area contributed by atoms with Gasteiger partial charge in [-0.15, -0.1) is 0 Å². The molecule has 4 heteroatoms. The number of halogens is 1. The minimum absolute atomic E-state index is 0.135. The number of amides is 1. The van der Waals surface area contributed by atoms with Crippen LogP contribution in [0.1, 0.15) is 10.4 Å². The predicted molar refractivity (Wildman–Crippen MR) is 82.3 cm³/mol. The van der Waals surface area contributed by atoms with Gasteiger partial charge in [0, 0.05) is 40.4 Å². The molecule has 3 aromatic rings. The molecule has 20 heavy (non-hydrogen) atoms. The molecule has 3 rings (SSSR count). The highest BCUT2D eigenvalue weighted by atomic mass is 35.5. The third-order valence-electron chi connectivity index (χ3n) is 3.26. The first-order chi connectivity index (χ1) is 9.65. The maximum absolute atomic E-state index is 12.4. The van der Waals surface area contributed by atoms with Gasteiger partial charge in [0.1, 0.15) is 0 Å². The van der Waals surface area contributed by atoms with Gasteiger partial charge in [0.2, 0.25) is 0 Å². The first kappa shape index (κ1) is 12.8. The van der Waals surface area contributed by atoms with Crippen LogP contribution in [-0.4, -0.2) is 10.5 Å². The molecule has 1 amide bonds. The summed E-state index contributed by atoms with van der Waals surface area (Å²) in [6.07, 6.45) is 1.95. The molecule has 1 N–H and O–H groups in total. The van der Waals surface area contributed by atoms with Crippen LogP contribution in [0.2, 0.25) is 5.02 Å². The number of aryl methyl sites for hydroxylation is 1. The zero-order valence-corrected chi connectivity index (χ0v) is 11.7. The summed E-state index contributed by atoms with van der Waals surface area (Å²) in [6, 6.07) is 14.8. The third kappa shape index (κ3) is 2.28. The SMILES string of the molecule is Cn1ccc2c(C(=O)Nc3cccc(Cl)c3)cccc21. The van der Waals surface area contributed by atoms with Crippen molar-refractivity contribution in [3.8, 4) is 0 Å². The van der Waals surface area contributed by atoms with Crippen LogP contribution in [0.4, 0.5) is 5.69 Å². The Morgan fingerprint density at radius 3 is 2.75 bits per heavy atom. The Balaban J connectivity index is 1.97. The highest BCUT2D eigenvalue weighted by molar-refractivity contribution is 6.31. The van der Waals surface area contributed by atoms with Gasteiger partial charge < -0.3 is 9.88 Å². The molecule has 2 aromatic carbocycles. The Morgan fingerprint density at radius 1 is 1.15 bits per heavy atom. The molecule has 0 spiro atoms. The van der Waals surface area contributed by atoms with E-state index in [0.29, 0.717) is 16.3 Å². The van der Waals surface area contributed by atoms with E-state index >= 15 is 0 Å². The fourth-order valence-corrected chi connectivity index (χ4v) is 2.46. The Labute approximate surface area is 121 Å². The summed E-state index contributed by atoms with van der Waals surface area (Å²) in [5.41, 5.74) is 2.38.